The molecule has 0 bridgehead atoms. The third-order valence-corrected chi connectivity index (χ3v) is 6.88. The summed E-state index contributed by atoms with van der Waals surface area (Å²) in [7, 11) is 1.52. The van der Waals surface area contributed by atoms with Crippen LogP contribution in [0, 0.1) is 3.57 Å². The summed E-state index contributed by atoms with van der Waals surface area (Å²) in [6.45, 7) is 1.08. The molecule has 2 aliphatic rings. The van der Waals surface area contributed by atoms with E-state index in [2.05, 4.69) is 22.6 Å². The summed E-state index contributed by atoms with van der Waals surface area (Å²) in [6, 6.07) is 13.5. The lowest BCUT2D eigenvalue weighted by Gasteiger charge is -2.22. The first-order valence-electron chi connectivity index (χ1n) is 10.4. The maximum Gasteiger partial charge on any atom is 0.300 e. The van der Waals surface area contributed by atoms with Gasteiger partial charge in [0.15, 0.2) is 16.7 Å². The van der Waals surface area contributed by atoms with Crippen LogP contribution in [0.4, 0.5) is 5.69 Å². The first-order valence-corrected chi connectivity index (χ1v) is 12.3. The number of phenols is 1. The van der Waals surface area contributed by atoms with Crippen LogP contribution in [-0.4, -0.2) is 45.3 Å². The molecule has 9 heteroatoms. The number of ether oxygens (including phenoxy) is 1. The predicted octanol–water partition coefficient (Wildman–Crippen LogP) is 5.64. The fraction of sp³-hybridized carbons (Fsp3) is 0.292. The van der Waals surface area contributed by atoms with Crippen molar-refractivity contribution in [3.63, 3.8) is 0 Å². The molecule has 33 heavy (non-hydrogen) atoms. The Bertz CT molecular complexity index is 1080. The minimum Gasteiger partial charge on any atom is -0.504 e. The minimum absolute atomic E-state index is 0.00127. The molecule has 0 atom stereocenters. The zero-order valence-electron chi connectivity index (χ0n) is 18.3. The molecule has 1 saturated carbocycles. The molecule has 7 nitrogen and oxygen atoms in total. The van der Waals surface area contributed by atoms with Crippen molar-refractivity contribution in [2.45, 2.75) is 38.6 Å². The normalized spacial score (nSPS) is 18.5. The highest BCUT2D eigenvalue weighted by Gasteiger charge is 2.39. The molecule has 1 saturated heterocycles. The predicted molar refractivity (Wildman–Crippen MR) is 139 cm³/mol. The molecule has 0 unspecified atom stereocenters. The number of methoxy groups -OCH3 is 1. The van der Waals surface area contributed by atoms with E-state index in [0.717, 1.165) is 49.0 Å². The summed E-state index contributed by atoms with van der Waals surface area (Å²) in [5.74, 6) is -0.330. The average Bonchev–Trinajstić information content (AvgIpc) is 3.39. The Morgan fingerprint density at radius 2 is 1.88 bits per heavy atom. The van der Waals surface area contributed by atoms with Gasteiger partial charge in [-0.15, -0.1) is 0 Å². The number of carbonyl (C=O) groups excluding carboxylic acids is 1. The number of amides is 1. The van der Waals surface area contributed by atoms with Crippen LogP contribution in [0.1, 0.15) is 38.2 Å². The molecule has 0 spiro atoms. The maximum absolute atomic E-state index is 13.3. The van der Waals surface area contributed by atoms with Gasteiger partial charge in [0.2, 0.25) is 0 Å². The lowest BCUT2D eigenvalue weighted by molar-refractivity contribution is -0.134. The van der Waals surface area contributed by atoms with Crippen LogP contribution in [0.15, 0.2) is 52.4 Å². The van der Waals surface area contributed by atoms with E-state index in [1.807, 2.05) is 47.4 Å². The minimum atomic E-state index is -0.833. The molecule has 4 rings (SSSR count). The number of hydrogen-bond donors (Lipinski definition) is 2. The summed E-state index contributed by atoms with van der Waals surface area (Å²) in [5.41, 5.74) is 1.65. The molecule has 0 aromatic heterocycles. The molecular weight excluding hydrogens is 555 g/mol. The molecule has 174 valence electrons. The number of thioether (sulfide) groups is 1. The Kier molecular flexibility index (Phi) is 8.79. The van der Waals surface area contributed by atoms with Gasteiger partial charge in [0.25, 0.3) is 11.9 Å². The van der Waals surface area contributed by atoms with Crippen LogP contribution < -0.4 is 4.74 Å². The van der Waals surface area contributed by atoms with Gasteiger partial charge in [-0.1, -0.05) is 31.0 Å². The number of halogens is 1. The van der Waals surface area contributed by atoms with Gasteiger partial charge in [-0.05, 0) is 83.1 Å². The van der Waals surface area contributed by atoms with Crippen molar-refractivity contribution in [2.24, 2.45) is 4.99 Å². The molecule has 2 fully saturated rings. The van der Waals surface area contributed by atoms with Crippen molar-refractivity contribution in [2.75, 3.05) is 7.11 Å². The van der Waals surface area contributed by atoms with Crippen molar-refractivity contribution < 1.29 is 24.5 Å². The summed E-state index contributed by atoms with van der Waals surface area (Å²) in [6.07, 6.45) is 6.16. The quantitative estimate of drug-likeness (QED) is 0.359. The molecule has 2 aromatic carbocycles. The number of amidine groups is 1. The summed E-state index contributed by atoms with van der Waals surface area (Å²) in [5, 5.41) is 18.2. The van der Waals surface area contributed by atoms with Gasteiger partial charge in [0, 0.05) is 13.0 Å². The second-order valence-corrected chi connectivity index (χ2v) is 9.70. The van der Waals surface area contributed by atoms with E-state index in [9.17, 15) is 9.90 Å². The standard InChI is InChI=1S/C22H21IN2O3S.C2H4O2/c1-28-18-12-14(11-17(23)20(18)26)13-19-21(27)25(16-9-5-6-10-16)22(29-19)24-15-7-3-2-4-8-15;1-2(3)4/h2-4,7-8,11-13,16,26H,5-6,9-10H2,1H3;1H3,(H,3,4). The zero-order chi connectivity index (χ0) is 24.0. The second kappa shape index (κ2) is 11.6. The second-order valence-electron chi connectivity index (χ2n) is 7.53. The number of phenolic OH excluding ortho intramolecular Hbond substituents is 1. The van der Waals surface area contributed by atoms with Crippen LogP contribution >= 0.6 is 34.4 Å². The molecule has 1 aliphatic heterocycles. The van der Waals surface area contributed by atoms with E-state index >= 15 is 0 Å². The van der Waals surface area contributed by atoms with E-state index in [4.69, 9.17) is 19.6 Å². The topological polar surface area (TPSA) is 99.4 Å². The van der Waals surface area contributed by atoms with Crippen molar-refractivity contribution >= 4 is 63.2 Å². The summed E-state index contributed by atoms with van der Waals surface area (Å²) < 4.78 is 5.93. The number of aromatic hydroxyl groups is 1. The lowest BCUT2D eigenvalue weighted by atomic mass is 10.1. The maximum atomic E-state index is 13.3. The molecule has 1 aliphatic carbocycles. The van der Waals surface area contributed by atoms with E-state index in [1.54, 1.807) is 6.07 Å². The van der Waals surface area contributed by atoms with Crippen LogP contribution in [-0.2, 0) is 9.59 Å². The summed E-state index contributed by atoms with van der Waals surface area (Å²) >= 11 is 3.47. The number of rotatable bonds is 4. The van der Waals surface area contributed by atoms with E-state index in [0.29, 0.717) is 14.2 Å². The number of carbonyl (C=O) groups is 2. The summed E-state index contributed by atoms with van der Waals surface area (Å²) in [4.78, 5) is 29.6. The van der Waals surface area contributed by atoms with Crippen molar-refractivity contribution in [3.05, 3.63) is 56.5 Å². The van der Waals surface area contributed by atoms with Gasteiger partial charge in [-0.25, -0.2) is 4.99 Å². The Labute approximate surface area is 210 Å². The van der Waals surface area contributed by atoms with Crippen molar-refractivity contribution in [3.8, 4) is 11.5 Å². The number of aliphatic carboxylic acids is 1. The van der Waals surface area contributed by atoms with Crippen LogP contribution in [0.25, 0.3) is 6.08 Å². The smallest absolute Gasteiger partial charge is 0.300 e. The number of para-hydroxylation sites is 1. The van der Waals surface area contributed by atoms with Gasteiger partial charge in [0.05, 0.1) is 21.3 Å². The van der Waals surface area contributed by atoms with Gasteiger partial charge >= 0.3 is 0 Å². The van der Waals surface area contributed by atoms with Crippen LogP contribution in [0.3, 0.4) is 0 Å². The molecular formula is C24H25IN2O5S. The Hall–Kier alpha value is -2.53. The Balaban J connectivity index is 0.000000709. The van der Waals surface area contributed by atoms with Crippen molar-refractivity contribution in [1.29, 1.82) is 0 Å². The third kappa shape index (κ3) is 6.50. The van der Waals surface area contributed by atoms with Gasteiger partial charge in [0.1, 0.15) is 0 Å². The van der Waals surface area contributed by atoms with Gasteiger partial charge in [-0.3, -0.25) is 14.5 Å². The van der Waals surface area contributed by atoms with Crippen molar-refractivity contribution in [1.82, 2.24) is 4.90 Å². The highest BCUT2D eigenvalue weighted by molar-refractivity contribution is 14.1. The number of carboxylic acids is 1. The fourth-order valence-corrected chi connectivity index (χ4v) is 5.33. The number of nitrogens with zero attached hydrogens (tertiary/aromatic N) is 2. The molecule has 1 amide bonds. The van der Waals surface area contributed by atoms with E-state index < -0.39 is 5.97 Å². The largest absolute Gasteiger partial charge is 0.504 e. The van der Waals surface area contributed by atoms with Gasteiger partial charge in [-0.2, -0.15) is 0 Å². The number of aliphatic imine (C=N–C) groups is 1. The van der Waals surface area contributed by atoms with E-state index in [-0.39, 0.29) is 17.7 Å². The number of hydrogen-bond acceptors (Lipinski definition) is 6. The first-order chi connectivity index (χ1) is 15.8. The third-order valence-electron chi connectivity index (χ3n) is 5.08. The molecule has 2 N–H and O–H groups in total. The number of carboxylic acid groups (broad SMARTS) is 1. The Morgan fingerprint density at radius 3 is 2.48 bits per heavy atom. The van der Waals surface area contributed by atoms with Crippen LogP contribution in [0.5, 0.6) is 11.5 Å². The van der Waals surface area contributed by atoms with Crippen LogP contribution in [0.2, 0.25) is 0 Å². The fourth-order valence-electron chi connectivity index (χ4n) is 3.65. The highest BCUT2D eigenvalue weighted by Crippen LogP contribution is 2.40. The zero-order valence-corrected chi connectivity index (χ0v) is 21.3. The molecule has 1 heterocycles. The monoisotopic (exact) mass is 580 g/mol. The first kappa shape index (κ1) is 25.1. The Morgan fingerprint density at radius 1 is 1.24 bits per heavy atom. The average molecular weight is 580 g/mol. The van der Waals surface area contributed by atoms with E-state index in [1.165, 1.54) is 18.9 Å². The SMILES string of the molecule is CC(=O)O.COc1cc(C=C2SC(=Nc3ccccc3)N(C3CCCC3)C2=O)cc(I)c1O. The highest BCUT2D eigenvalue weighted by atomic mass is 127. The number of benzene rings is 2. The molecule has 2 aromatic rings. The van der Waals surface area contributed by atoms with Gasteiger partial charge < -0.3 is 14.9 Å². The lowest BCUT2D eigenvalue weighted by Crippen LogP contribution is -2.37. The molecule has 0 radical (unpaired) electrons.